The van der Waals surface area contributed by atoms with Crippen molar-refractivity contribution in [1.29, 1.82) is 0 Å². The van der Waals surface area contributed by atoms with Crippen LogP contribution in [-0.2, 0) is 0 Å². The largest absolute Gasteiger partial charge is 0.486 e. The Hall–Kier alpha value is -2.30. The summed E-state index contributed by atoms with van der Waals surface area (Å²) in [4.78, 5) is 4.14. The van der Waals surface area contributed by atoms with Gasteiger partial charge in [-0.1, -0.05) is 6.92 Å². The number of anilines is 1. The van der Waals surface area contributed by atoms with Crippen LogP contribution in [0.2, 0.25) is 0 Å². The van der Waals surface area contributed by atoms with Gasteiger partial charge in [-0.3, -0.25) is 4.98 Å². The zero-order valence-corrected chi connectivity index (χ0v) is 11.8. The van der Waals surface area contributed by atoms with Crippen LogP contribution >= 0.6 is 0 Å². The lowest BCUT2D eigenvalue weighted by atomic mass is 10.1. The van der Waals surface area contributed by atoms with Gasteiger partial charge in [0.15, 0.2) is 11.5 Å². The Balaban J connectivity index is 1.79. The summed E-state index contributed by atoms with van der Waals surface area (Å²) >= 11 is 0. The lowest BCUT2D eigenvalue weighted by molar-refractivity contribution is 0.171. The van der Waals surface area contributed by atoms with Crippen molar-refractivity contribution in [2.24, 2.45) is 0 Å². The first-order valence-corrected chi connectivity index (χ1v) is 7.04. The van der Waals surface area contributed by atoms with Crippen molar-refractivity contribution < 1.29 is 13.9 Å². The number of fused-ring (bicyclic) bond motifs is 1. The van der Waals surface area contributed by atoms with Gasteiger partial charge in [-0.25, -0.2) is 4.39 Å². The highest BCUT2D eigenvalue weighted by atomic mass is 19.1. The number of pyridine rings is 1. The molecule has 1 aromatic heterocycles. The zero-order valence-electron chi connectivity index (χ0n) is 11.8. The fourth-order valence-electron chi connectivity index (χ4n) is 2.31. The predicted octanol–water partition coefficient (Wildman–Crippen LogP) is 3.56. The van der Waals surface area contributed by atoms with E-state index in [4.69, 9.17) is 9.47 Å². The van der Waals surface area contributed by atoms with Crippen LogP contribution in [0.4, 0.5) is 10.1 Å². The van der Waals surface area contributed by atoms with E-state index in [-0.39, 0.29) is 11.9 Å². The molecule has 4 nitrogen and oxygen atoms in total. The maximum Gasteiger partial charge on any atom is 0.163 e. The molecule has 1 aliphatic rings. The molecule has 0 amide bonds. The molecular formula is C16H17FN2O2. The topological polar surface area (TPSA) is 43.4 Å². The number of ether oxygens (including phenoxy) is 2. The molecule has 0 spiro atoms. The maximum atomic E-state index is 13.0. The highest BCUT2D eigenvalue weighted by Gasteiger charge is 2.15. The fourth-order valence-corrected chi connectivity index (χ4v) is 2.31. The standard InChI is InChI=1S/C16H17FN2O2/c1-2-13(14-5-3-11(17)10-18-14)19-12-4-6-15-16(9-12)21-8-7-20-15/h3-6,9-10,13,19H,2,7-8H2,1H3. The number of halogens is 1. The van der Waals surface area contributed by atoms with Gasteiger partial charge in [-0.05, 0) is 30.7 Å². The van der Waals surface area contributed by atoms with Crippen LogP contribution in [0.1, 0.15) is 25.1 Å². The Morgan fingerprint density at radius 3 is 2.71 bits per heavy atom. The molecule has 0 saturated carbocycles. The van der Waals surface area contributed by atoms with E-state index in [1.807, 2.05) is 18.2 Å². The van der Waals surface area contributed by atoms with Crippen LogP contribution in [0.5, 0.6) is 11.5 Å². The van der Waals surface area contributed by atoms with E-state index in [0.717, 1.165) is 29.3 Å². The molecule has 1 atom stereocenters. The molecule has 0 radical (unpaired) electrons. The first kappa shape index (κ1) is 13.7. The molecule has 21 heavy (non-hydrogen) atoms. The molecule has 1 N–H and O–H groups in total. The van der Waals surface area contributed by atoms with Crippen LogP contribution in [0.3, 0.4) is 0 Å². The lowest BCUT2D eigenvalue weighted by Crippen LogP contribution is -2.16. The predicted molar refractivity (Wildman–Crippen MR) is 78.3 cm³/mol. The summed E-state index contributed by atoms with van der Waals surface area (Å²) < 4.78 is 24.0. The molecule has 110 valence electrons. The van der Waals surface area contributed by atoms with Crippen molar-refractivity contribution in [3.05, 3.63) is 48.0 Å². The molecular weight excluding hydrogens is 271 g/mol. The minimum absolute atomic E-state index is 0.0214. The number of hydrogen-bond acceptors (Lipinski definition) is 4. The molecule has 2 aromatic rings. The molecule has 1 aromatic carbocycles. The first-order valence-electron chi connectivity index (χ1n) is 7.04. The van der Waals surface area contributed by atoms with Crippen molar-refractivity contribution in [2.75, 3.05) is 18.5 Å². The molecule has 5 heteroatoms. The van der Waals surface area contributed by atoms with Gasteiger partial charge in [-0.15, -0.1) is 0 Å². The third-order valence-corrected chi connectivity index (χ3v) is 3.40. The summed E-state index contributed by atoms with van der Waals surface area (Å²) in [7, 11) is 0. The Bertz CT molecular complexity index is 616. The van der Waals surface area contributed by atoms with Gasteiger partial charge < -0.3 is 14.8 Å². The van der Waals surface area contributed by atoms with Crippen molar-refractivity contribution in [3.8, 4) is 11.5 Å². The van der Waals surface area contributed by atoms with E-state index in [1.54, 1.807) is 6.07 Å². The summed E-state index contributed by atoms with van der Waals surface area (Å²) in [5.41, 5.74) is 1.74. The summed E-state index contributed by atoms with van der Waals surface area (Å²) in [6.45, 7) is 3.20. The second-order valence-electron chi connectivity index (χ2n) is 4.86. The van der Waals surface area contributed by atoms with E-state index < -0.39 is 0 Å². The van der Waals surface area contributed by atoms with Gasteiger partial charge in [0.05, 0.1) is 17.9 Å². The number of nitrogens with zero attached hydrogens (tertiary/aromatic N) is 1. The second kappa shape index (κ2) is 5.99. The Kier molecular flexibility index (Phi) is 3.90. The summed E-state index contributed by atoms with van der Waals surface area (Å²) in [5, 5.41) is 3.39. The van der Waals surface area contributed by atoms with Gasteiger partial charge in [-0.2, -0.15) is 0 Å². The van der Waals surface area contributed by atoms with Crippen LogP contribution in [0.15, 0.2) is 36.5 Å². The van der Waals surface area contributed by atoms with E-state index in [9.17, 15) is 4.39 Å². The van der Waals surface area contributed by atoms with Gasteiger partial charge in [0.25, 0.3) is 0 Å². The first-order chi connectivity index (χ1) is 10.3. The minimum atomic E-state index is -0.326. The van der Waals surface area contributed by atoms with E-state index in [1.165, 1.54) is 12.3 Å². The van der Waals surface area contributed by atoms with Crippen LogP contribution in [0, 0.1) is 5.82 Å². The Morgan fingerprint density at radius 2 is 2.00 bits per heavy atom. The highest BCUT2D eigenvalue weighted by molar-refractivity contribution is 5.56. The molecule has 0 aliphatic carbocycles. The fraction of sp³-hybridized carbons (Fsp3) is 0.312. The molecule has 0 fully saturated rings. The van der Waals surface area contributed by atoms with Crippen LogP contribution in [-0.4, -0.2) is 18.2 Å². The number of hydrogen-bond donors (Lipinski definition) is 1. The molecule has 0 bridgehead atoms. The summed E-state index contributed by atoms with van der Waals surface area (Å²) in [6.07, 6.45) is 2.08. The zero-order chi connectivity index (χ0) is 14.7. The normalized spacial score (nSPS) is 14.6. The third kappa shape index (κ3) is 3.07. The van der Waals surface area contributed by atoms with Crippen molar-refractivity contribution in [1.82, 2.24) is 4.98 Å². The SMILES string of the molecule is CCC(Nc1ccc2c(c1)OCCO2)c1ccc(F)cn1. The monoisotopic (exact) mass is 288 g/mol. The number of nitrogens with one attached hydrogen (secondary N) is 1. The Morgan fingerprint density at radius 1 is 1.19 bits per heavy atom. The van der Waals surface area contributed by atoms with Crippen LogP contribution in [0.25, 0.3) is 0 Å². The van der Waals surface area contributed by atoms with Crippen molar-refractivity contribution >= 4 is 5.69 Å². The van der Waals surface area contributed by atoms with E-state index in [2.05, 4.69) is 17.2 Å². The number of benzene rings is 1. The average molecular weight is 288 g/mol. The summed E-state index contributed by atoms with van der Waals surface area (Å²) in [5.74, 6) is 1.18. The molecule has 1 aliphatic heterocycles. The van der Waals surface area contributed by atoms with E-state index >= 15 is 0 Å². The molecule has 2 heterocycles. The minimum Gasteiger partial charge on any atom is -0.486 e. The maximum absolute atomic E-state index is 13.0. The van der Waals surface area contributed by atoms with Gasteiger partial charge in [0, 0.05) is 11.8 Å². The molecule has 1 unspecified atom stereocenters. The smallest absolute Gasteiger partial charge is 0.163 e. The van der Waals surface area contributed by atoms with E-state index in [0.29, 0.717) is 13.2 Å². The number of aromatic nitrogens is 1. The van der Waals surface area contributed by atoms with Gasteiger partial charge >= 0.3 is 0 Å². The van der Waals surface area contributed by atoms with Crippen LogP contribution < -0.4 is 14.8 Å². The second-order valence-corrected chi connectivity index (χ2v) is 4.86. The lowest BCUT2D eigenvalue weighted by Gasteiger charge is -2.21. The Labute approximate surface area is 122 Å². The highest BCUT2D eigenvalue weighted by Crippen LogP contribution is 2.34. The summed E-state index contributed by atoms with van der Waals surface area (Å²) in [6, 6.07) is 8.90. The molecule has 0 saturated heterocycles. The molecule has 3 rings (SSSR count). The van der Waals surface area contributed by atoms with Gasteiger partial charge in [0.1, 0.15) is 19.0 Å². The average Bonchev–Trinajstić information content (AvgIpc) is 2.53. The van der Waals surface area contributed by atoms with Crippen molar-refractivity contribution in [2.45, 2.75) is 19.4 Å². The number of rotatable bonds is 4. The van der Waals surface area contributed by atoms with Gasteiger partial charge in [0.2, 0.25) is 0 Å². The quantitative estimate of drug-likeness (QED) is 0.934. The third-order valence-electron chi connectivity index (χ3n) is 3.40. The van der Waals surface area contributed by atoms with Crippen molar-refractivity contribution in [3.63, 3.8) is 0 Å².